The minimum absolute atomic E-state index is 0.0376. The number of aryl methyl sites for hydroxylation is 1. The molecule has 2 aromatic rings. The smallest absolute Gasteiger partial charge is 0.407 e. The first-order valence-corrected chi connectivity index (χ1v) is 9.96. The summed E-state index contributed by atoms with van der Waals surface area (Å²) in [5.41, 5.74) is 2.95. The average Bonchev–Trinajstić information content (AvgIpc) is 3.39. The fourth-order valence-corrected chi connectivity index (χ4v) is 4.10. The van der Waals surface area contributed by atoms with Crippen molar-refractivity contribution in [3.63, 3.8) is 0 Å². The van der Waals surface area contributed by atoms with E-state index in [-0.39, 0.29) is 18.2 Å². The second kappa shape index (κ2) is 8.18. The lowest BCUT2D eigenvalue weighted by Gasteiger charge is -2.16. The number of likely N-dealkylation sites (N-methyl/N-ethyl adjacent to an activating group) is 1. The van der Waals surface area contributed by atoms with E-state index in [1.54, 1.807) is 6.20 Å². The Morgan fingerprint density at radius 3 is 3.04 bits per heavy atom. The van der Waals surface area contributed by atoms with Gasteiger partial charge in [0, 0.05) is 36.5 Å². The Morgan fingerprint density at radius 2 is 2.25 bits per heavy atom. The SMILES string of the molecule is Cc1ncccc1Nc1cc([C@H]2CC[C@@H](OC(=O)N[C@H]3CCN(C)C3)C2)[nH]n1. The van der Waals surface area contributed by atoms with E-state index in [2.05, 4.69) is 37.8 Å². The first-order valence-electron chi connectivity index (χ1n) is 9.96. The molecule has 3 heterocycles. The van der Waals surface area contributed by atoms with Crippen molar-refractivity contribution < 1.29 is 9.53 Å². The van der Waals surface area contributed by atoms with Crippen LogP contribution in [0.15, 0.2) is 24.4 Å². The number of hydrogen-bond donors (Lipinski definition) is 3. The molecule has 2 aliphatic rings. The van der Waals surface area contributed by atoms with Gasteiger partial charge in [-0.25, -0.2) is 4.79 Å². The molecule has 4 rings (SSSR count). The molecule has 0 aromatic carbocycles. The van der Waals surface area contributed by atoms with Crippen molar-refractivity contribution in [2.75, 3.05) is 25.5 Å². The quantitative estimate of drug-likeness (QED) is 0.734. The molecule has 150 valence electrons. The number of carbonyl (C=O) groups excluding carboxylic acids is 1. The summed E-state index contributed by atoms with van der Waals surface area (Å²) in [7, 11) is 2.07. The zero-order valence-electron chi connectivity index (χ0n) is 16.4. The maximum Gasteiger partial charge on any atom is 0.407 e. The summed E-state index contributed by atoms with van der Waals surface area (Å²) in [5.74, 6) is 1.10. The summed E-state index contributed by atoms with van der Waals surface area (Å²) in [4.78, 5) is 18.7. The molecule has 3 atom stereocenters. The number of pyridine rings is 1. The Hall–Kier alpha value is -2.61. The zero-order valence-corrected chi connectivity index (χ0v) is 16.4. The fraction of sp³-hybridized carbons (Fsp3) is 0.550. The van der Waals surface area contributed by atoms with Crippen LogP contribution < -0.4 is 10.6 Å². The second-order valence-electron chi connectivity index (χ2n) is 7.90. The number of amides is 1. The van der Waals surface area contributed by atoms with E-state index in [1.807, 2.05) is 25.1 Å². The molecule has 0 bridgehead atoms. The molecule has 1 aliphatic heterocycles. The molecule has 1 saturated carbocycles. The molecular formula is C20H28N6O2. The van der Waals surface area contributed by atoms with E-state index in [9.17, 15) is 4.79 Å². The molecule has 2 fully saturated rings. The van der Waals surface area contributed by atoms with Crippen LogP contribution in [0, 0.1) is 6.92 Å². The number of ether oxygens (including phenoxy) is 1. The van der Waals surface area contributed by atoms with Crippen LogP contribution in [0.5, 0.6) is 0 Å². The molecule has 8 nitrogen and oxygen atoms in total. The van der Waals surface area contributed by atoms with Gasteiger partial charge < -0.3 is 20.3 Å². The molecule has 1 aliphatic carbocycles. The molecule has 3 N–H and O–H groups in total. The number of H-pyrrole nitrogens is 1. The van der Waals surface area contributed by atoms with Crippen LogP contribution in [0.25, 0.3) is 0 Å². The van der Waals surface area contributed by atoms with E-state index in [1.165, 1.54) is 0 Å². The van der Waals surface area contributed by atoms with Gasteiger partial charge in [0.05, 0.1) is 11.4 Å². The number of rotatable bonds is 5. The van der Waals surface area contributed by atoms with Crippen molar-refractivity contribution in [3.8, 4) is 0 Å². The second-order valence-corrected chi connectivity index (χ2v) is 7.90. The number of hydrogen-bond acceptors (Lipinski definition) is 6. The molecule has 0 radical (unpaired) electrons. The Labute approximate surface area is 165 Å². The number of anilines is 2. The van der Waals surface area contributed by atoms with Gasteiger partial charge in [0.1, 0.15) is 6.10 Å². The van der Waals surface area contributed by atoms with Gasteiger partial charge in [-0.3, -0.25) is 10.1 Å². The zero-order chi connectivity index (χ0) is 19.5. The summed E-state index contributed by atoms with van der Waals surface area (Å²) in [6, 6.07) is 6.12. The molecular weight excluding hydrogens is 356 g/mol. The average molecular weight is 384 g/mol. The highest BCUT2D eigenvalue weighted by Gasteiger charge is 2.31. The predicted octanol–water partition coefficient (Wildman–Crippen LogP) is 2.92. The summed E-state index contributed by atoms with van der Waals surface area (Å²) in [6.07, 6.45) is 5.12. The molecule has 2 aromatic heterocycles. The Bertz CT molecular complexity index is 823. The van der Waals surface area contributed by atoms with Crippen LogP contribution >= 0.6 is 0 Å². The molecule has 28 heavy (non-hydrogen) atoms. The topological polar surface area (TPSA) is 95.2 Å². The fourth-order valence-electron chi connectivity index (χ4n) is 4.10. The molecule has 8 heteroatoms. The largest absolute Gasteiger partial charge is 0.446 e. The minimum atomic E-state index is -0.287. The van der Waals surface area contributed by atoms with Gasteiger partial charge in [-0.2, -0.15) is 5.10 Å². The summed E-state index contributed by atoms with van der Waals surface area (Å²) in [6.45, 7) is 3.87. The van der Waals surface area contributed by atoms with Crippen LogP contribution in [-0.4, -0.2) is 58.5 Å². The van der Waals surface area contributed by atoms with E-state index in [0.717, 1.165) is 61.7 Å². The van der Waals surface area contributed by atoms with Crippen molar-refractivity contribution in [3.05, 3.63) is 35.8 Å². The van der Waals surface area contributed by atoms with Gasteiger partial charge >= 0.3 is 6.09 Å². The van der Waals surface area contributed by atoms with Crippen molar-refractivity contribution in [2.24, 2.45) is 0 Å². The van der Waals surface area contributed by atoms with Crippen LogP contribution in [0.3, 0.4) is 0 Å². The van der Waals surface area contributed by atoms with Crippen molar-refractivity contribution in [1.29, 1.82) is 0 Å². The number of likely N-dealkylation sites (tertiary alicyclic amines) is 1. The minimum Gasteiger partial charge on any atom is -0.446 e. The summed E-state index contributed by atoms with van der Waals surface area (Å²) in [5, 5.41) is 13.8. The van der Waals surface area contributed by atoms with Crippen LogP contribution in [-0.2, 0) is 4.74 Å². The Kier molecular flexibility index (Phi) is 5.47. The van der Waals surface area contributed by atoms with E-state index < -0.39 is 0 Å². The lowest BCUT2D eigenvalue weighted by molar-refractivity contribution is 0.0972. The van der Waals surface area contributed by atoms with Gasteiger partial charge in [-0.1, -0.05) is 0 Å². The molecule has 1 amide bonds. The maximum atomic E-state index is 12.2. The highest BCUT2D eigenvalue weighted by Crippen LogP contribution is 2.36. The summed E-state index contributed by atoms with van der Waals surface area (Å²) < 4.78 is 5.65. The molecule has 0 spiro atoms. The predicted molar refractivity (Wildman–Crippen MR) is 107 cm³/mol. The lowest BCUT2D eigenvalue weighted by Crippen LogP contribution is -2.38. The number of nitrogens with zero attached hydrogens (tertiary/aromatic N) is 3. The van der Waals surface area contributed by atoms with Crippen molar-refractivity contribution in [1.82, 2.24) is 25.4 Å². The number of nitrogens with one attached hydrogen (secondary N) is 3. The monoisotopic (exact) mass is 384 g/mol. The van der Waals surface area contributed by atoms with Crippen LogP contribution in [0.2, 0.25) is 0 Å². The third-order valence-electron chi connectivity index (χ3n) is 5.68. The van der Waals surface area contributed by atoms with Crippen molar-refractivity contribution >= 4 is 17.6 Å². The Morgan fingerprint density at radius 1 is 1.36 bits per heavy atom. The normalized spacial score (nSPS) is 25.0. The standard InChI is InChI=1S/C20H28N6O2/c1-13-17(4-3-8-21-13)23-19-11-18(24-25-19)14-5-6-16(10-14)28-20(27)22-15-7-9-26(2)12-15/h3-4,8,11,14-16H,5-7,9-10,12H2,1-2H3,(H,22,27)(H2,23,24,25)/t14-,15-,16+/m0/s1. The highest BCUT2D eigenvalue weighted by molar-refractivity contribution is 5.68. The van der Waals surface area contributed by atoms with E-state index >= 15 is 0 Å². The van der Waals surface area contributed by atoms with Crippen molar-refractivity contribution in [2.45, 2.75) is 50.7 Å². The Balaban J connectivity index is 1.28. The van der Waals surface area contributed by atoms with Gasteiger partial charge in [0.2, 0.25) is 0 Å². The third-order valence-corrected chi connectivity index (χ3v) is 5.68. The molecule has 1 saturated heterocycles. The maximum absolute atomic E-state index is 12.2. The lowest BCUT2D eigenvalue weighted by atomic mass is 10.0. The number of aromatic amines is 1. The number of alkyl carbamates (subject to hydrolysis) is 1. The van der Waals surface area contributed by atoms with Gasteiger partial charge in [0.25, 0.3) is 0 Å². The number of aromatic nitrogens is 3. The van der Waals surface area contributed by atoms with Crippen LogP contribution in [0.1, 0.15) is 43.0 Å². The highest BCUT2D eigenvalue weighted by atomic mass is 16.6. The number of carbonyl (C=O) groups is 1. The van der Waals surface area contributed by atoms with Gasteiger partial charge in [0.15, 0.2) is 5.82 Å². The molecule has 0 unspecified atom stereocenters. The first-order chi connectivity index (χ1) is 13.6. The third kappa shape index (κ3) is 4.44. The van der Waals surface area contributed by atoms with Crippen LogP contribution in [0.4, 0.5) is 16.3 Å². The van der Waals surface area contributed by atoms with Gasteiger partial charge in [-0.15, -0.1) is 0 Å². The first kappa shape index (κ1) is 18.7. The summed E-state index contributed by atoms with van der Waals surface area (Å²) >= 11 is 0. The van der Waals surface area contributed by atoms with Gasteiger partial charge in [-0.05, 0) is 58.3 Å². The van der Waals surface area contributed by atoms with E-state index in [4.69, 9.17) is 4.74 Å². The van der Waals surface area contributed by atoms with E-state index in [0.29, 0.717) is 5.92 Å².